The predicted octanol–water partition coefficient (Wildman–Crippen LogP) is 2.31. The smallest absolute Gasteiger partial charge is 0.211 e. The summed E-state index contributed by atoms with van der Waals surface area (Å²) in [6, 6.07) is 1.81. The standard InChI is InChI=1S/C9H12N2O/c1-2-3-4-5-6-9(7-10)11-8-12/h6H,2-5H2,1H3/b9-6-. The minimum Gasteiger partial charge on any atom is -0.211 e. The summed E-state index contributed by atoms with van der Waals surface area (Å²) in [6.45, 7) is 2.11. The maximum absolute atomic E-state index is 9.78. The first-order valence-corrected chi connectivity index (χ1v) is 4.03. The Balaban J connectivity index is 3.80. The van der Waals surface area contributed by atoms with Crippen LogP contribution >= 0.6 is 0 Å². The molecule has 0 rings (SSSR count). The van der Waals surface area contributed by atoms with Gasteiger partial charge in [0.2, 0.25) is 6.08 Å². The van der Waals surface area contributed by atoms with Gasteiger partial charge in [0.25, 0.3) is 0 Å². The van der Waals surface area contributed by atoms with Gasteiger partial charge in [-0.3, -0.25) is 0 Å². The molecule has 0 heterocycles. The van der Waals surface area contributed by atoms with Crippen molar-refractivity contribution >= 4 is 6.08 Å². The maximum Gasteiger partial charge on any atom is 0.241 e. The van der Waals surface area contributed by atoms with Crippen LogP contribution < -0.4 is 0 Å². The first-order valence-electron chi connectivity index (χ1n) is 4.03. The molecule has 0 unspecified atom stereocenters. The molecule has 3 heteroatoms. The highest BCUT2D eigenvalue weighted by atomic mass is 16.1. The number of isocyanates is 1. The number of allylic oxidation sites excluding steroid dienone is 2. The van der Waals surface area contributed by atoms with Crippen LogP contribution in [0.5, 0.6) is 0 Å². The third-order valence-corrected chi connectivity index (χ3v) is 1.43. The van der Waals surface area contributed by atoms with E-state index in [1.165, 1.54) is 6.08 Å². The summed E-state index contributed by atoms with van der Waals surface area (Å²) in [4.78, 5) is 13.0. The average molecular weight is 164 g/mol. The van der Waals surface area contributed by atoms with E-state index in [0.717, 1.165) is 25.7 Å². The van der Waals surface area contributed by atoms with Crippen LogP contribution in [0.3, 0.4) is 0 Å². The van der Waals surface area contributed by atoms with E-state index in [9.17, 15) is 4.79 Å². The molecule has 0 radical (unpaired) electrons. The molecule has 0 aliphatic rings. The van der Waals surface area contributed by atoms with Crippen molar-refractivity contribution in [3.05, 3.63) is 11.8 Å². The highest BCUT2D eigenvalue weighted by Crippen LogP contribution is 2.03. The Morgan fingerprint density at radius 2 is 2.33 bits per heavy atom. The summed E-state index contributed by atoms with van der Waals surface area (Å²) in [5.74, 6) is 0. The highest BCUT2D eigenvalue weighted by Gasteiger charge is 1.89. The average Bonchev–Trinajstić information content (AvgIpc) is 2.10. The number of nitrogens with zero attached hydrogens (tertiary/aromatic N) is 2. The molecule has 12 heavy (non-hydrogen) atoms. The number of hydrogen-bond donors (Lipinski definition) is 0. The Hall–Kier alpha value is -1.39. The molecule has 3 nitrogen and oxygen atoms in total. The van der Waals surface area contributed by atoms with Gasteiger partial charge in [-0.25, -0.2) is 4.79 Å². The van der Waals surface area contributed by atoms with E-state index < -0.39 is 0 Å². The van der Waals surface area contributed by atoms with Crippen LogP contribution in [-0.2, 0) is 4.79 Å². The van der Waals surface area contributed by atoms with Gasteiger partial charge in [-0.2, -0.15) is 10.3 Å². The Morgan fingerprint density at radius 1 is 1.58 bits per heavy atom. The van der Waals surface area contributed by atoms with Gasteiger partial charge in [-0.15, -0.1) is 0 Å². The summed E-state index contributed by atoms with van der Waals surface area (Å²) in [5.41, 5.74) is 0.168. The molecular weight excluding hydrogens is 152 g/mol. The van der Waals surface area contributed by atoms with Gasteiger partial charge < -0.3 is 0 Å². The lowest BCUT2D eigenvalue weighted by Gasteiger charge is -1.90. The number of hydrogen-bond acceptors (Lipinski definition) is 3. The van der Waals surface area contributed by atoms with Crippen molar-refractivity contribution in [3.63, 3.8) is 0 Å². The van der Waals surface area contributed by atoms with Gasteiger partial charge in [0, 0.05) is 0 Å². The summed E-state index contributed by atoms with van der Waals surface area (Å²) >= 11 is 0. The van der Waals surface area contributed by atoms with Gasteiger partial charge in [0.15, 0.2) is 0 Å². The molecule has 0 N–H and O–H groups in total. The summed E-state index contributed by atoms with van der Waals surface area (Å²) in [7, 11) is 0. The van der Waals surface area contributed by atoms with Crippen LogP contribution in [-0.4, -0.2) is 6.08 Å². The molecule has 0 bridgehead atoms. The monoisotopic (exact) mass is 164 g/mol. The molecule has 0 saturated heterocycles. The topological polar surface area (TPSA) is 53.2 Å². The van der Waals surface area contributed by atoms with Crippen LogP contribution in [0.15, 0.2) is 16.8 Å². The fraction of sp³-hybridized carbons (Fsp3) is 0.556. The van der Waals surface area contributed by atoms with Crippen LogP contribution in [0.2, 0.25) is 0 Å². The second-order valence-electron chi connectivity index (χ2n) is 2.40. The second kappa shape index (κ2) is 7.71. The highest BCUT2D eigenvalue weighted by molar-refractivity contribution is 5.40. The van der Waals surface area contributed by atoms with Gasteiger partial charge >= 0.3 is 0 Å². The van der Waals surface area contributed by atoms with E-state index in [4.69, 9.17) is 5.26 Å². The lowest BCUT2D eigenvalue weighted by atomic mass is 10.2. The molecule has 0 amide bonds. The Labute approximate surface area is 72.4 Å². The summed E-state index contributed by atoms with van der Waals surface area (Å²) in [5, 5.41) is 8.42. The molecule has 0 aliphatic carbocycles. The summed E-state index contributed by atoms with van der Waals surface area (Å²) in [6.07, 6.45) is 7.14. The Bertz CT molecular complexity index is 231. The minimum absolute atomic E-state index is 0.168. The Morgan fingerprint density at radius 3 is 2.83 bits per heavy atom. The van der Waals surface area contributed by atoms with Crippen LogP contribution in [0, 0.1) is 11.3 Å². The maximum atomic E-state index is 9.78. The lowest BCUT2D eigenvalue weighted by Crippen LogP contribution is -1.75. The third-order valence-electron chi connectivity index (χ3n) is 1.43. The number of carbonyl (C=O) groups excluding carboxylic acids is 1. The zero-order chi connectivity index (χ0) is 9.23. The van der Waals surface area contributed by atoms with Crippen molar-refractivity contribution in [1.29, 1.82) is 5.26 Å². The SMILES string of the molecule is CCCCC/C=C(/C#N)N=C=O. The largest absolute Gasteiger partial charge is 0.241 e. The van der Waals surface area contributed by atoms with Gasteiger partial charge in [0.1, 0.15) is 11.8 Å². The third kappa shape index (κ3) is 5.40. The quantitative estimate of drug-likeness (QED) is 0.271. The van der Waals surface area contributed by atoms with E-state index in [2.05, 4.69) is 11.9 Å². The normalized spacial score (nSPS) is 10.2. The van der Waals surface area contributed by atoms with E-state index in [0.29, 0.717) is 0 Å². The van der Waals surface area contributed by atoms with Crippen molar-refractivity contribution in [1.82, 2.24) is 0 Å². The molecule has 0 aliphatic heterocycles. The molecule has 64 valence electrons. The molecule has 0 fully saturated rings. The fourth-order valence-corrected chi connectivity index (χ4v) is 0.799. The summed E-state index contributed by atoms with van der Waals surface area (Å²) < 4.78 is 0. The zero-order valence-electron chi connectivity index (χ0n) is 7.21. The molecule has 0 spiro atoms. The van der Waals surface area contributed by atoms with Crippen molar-refractivity contribution in [2.24, 2.45) is 4.99 Å². The number of nitriles is 1. The van der Waals surface area contributed by atoms with Gasteiger partial charge in [-0.1, -0.05) is 19.8 Å². The molecular formula is C9H12N2O. The Kier molecular flexibility index (Phi) is 6.82. The van der Waals surface area contributed by atoms with Crippen molar-refractivity contribution in [2.45, 2.75) is 32.6 Å². The first kappa shape index (κ1) is 10.6. The zero-order valence-corrected chi connectivity index (χ0v) is 7.21. The van der Waals surface area contributed by atoms with Crippen LogP contribution in [0.4, 0.5) is 0 Å². The number of rotatable bonds is 5. The molecule has 0 aromatic rings. The fourth-order valence-electron chi connectivity index (χ4n) is 0.799. The van der Waals surface area contributed by atoms with E-state index in [1.54, 1.807) is 6.08 Å². The van der Waals surface area contributed by atoms with Crippen molar-refractivity contribution in [3.8, 4) is 6.07 Å². The number of aliphatic imine (C=N–C) groups is 1. The van der Waals surface area contributed by atoms with Gasteiger partial charge in [-0.05, 0) is 18.9 Å². The van der Waals surface area contributed by atoms with Crippen molar-refractivity contribution < 1.29 is 4.79 Å². The molecule has 0 aromatic carbocycles. The molecule has 0 aromatic heterocycles. The number of unbranched alkanes of at least 4 members (excludes halogenated alkanes) is 3. The van der Waals surface area contributed by atoms with E-state index >= 15 is 0 Å². The lowest BCUT2D eigenvalue weighted by molar-refractivity contribution is 0.565. The molecule has 0 atom stereocenters. The minimum atomic E-state index is 0.168. The first-order chi connectivity index (χ1) is 5.85. The predicted molar refractivity (Wildman–Crippen MR) is 46.0 cm³/mol. The van der Waals surface area contributed by atoms with E-state index in [1.807, 2.05) is 6.07 Å². The van der Waals surface area contributed by atoms with Crippen LogP contribution in [0.1, 0.15) is 32.6 Å². The molecule has 0 saturated carbocycles. The van der Waals surface area contributed by atoms with E-state index in [-0.39, 0.29) is 5.70 Å². The van der Waals surface area contributed by atoms with Crippen LogP contribution in [0.25, 0.3) is 0 Å². The van der Waals surface area contributed by atoms with Gasteiger partial charge in [0.05, 0.1) is 0 Å². The second-order valence-corrected chi connectivity index (χ2v) is 2.40. The van der Waals surface area contributed by atoms with Crippen molar-refractivity contribution in [2.75, 3.05) is 0 Å².